The molecule has 1 N–H and O–H groups in total. The number of hydrogen-bond acceptors (Lipinski definition) is 3. The molecule has 2 rings (SSSR count). The molecule has 1 fully saturated rings. The van der Waals surface area contributed by atoms with Gasteiger partial charge in [-0.15, -0.1) is 0 Å². The van der Waals surface area contributed by atoms with E-state index >= 15 is 0 Å². The summed E-state index contributed by atoms with van der Waals surface area (Å²) in [6.45, 7) is 11.0. The van der Waals surface area contributed by atoms with Crippen molar-refractivity contribution in [3.63, 3.8) is 0 Å². The molecular weight excluding hydrogens is 236 g/mol. The van der Waals surface area contributed by atoms with E-state index in [4.69, 9.17) is 4.74 Å². The summed E-state index contributed by atoms with van der Waals surface area (Å²) in [7, 11) is 0. The highest BCUT2D eigenvalue weighted by molar-refractivity contribution is 5.57. The molecule has 0 bridgehead atoms. The Balaban J connectivity index is 2.00. The molecule has 3 heteroatoms. The third-order valence-electron chi connectivity index (χ3n) is 3.56. The van der Waals surface area contributed by atoms with Gasteiger partial charge in [-0.05, 0) is 46.2 Å². The van der Waals surface area contributed by atoms with Crippen LogP contribution in [0.5, 0.6) is 5.75 Å². The molecule has 0 saturated carbocycles. The summed E-state index contributed by atoms with van der Waals surface area (Å²) in [5.74, 6) is 0.959. The Morgan fingerprint density at radius 2 is 1.95 bits per heavy atom. The molecular formula is C16H26N2O. The van der Waals surface area contributed by atoms with Gasteiger partial charge in [0.15, 0.2) is 0 Å². The largest absolute Gasteiger partial charge is 0.489 e. The van der Waals surface area contributed by atoms with Crippen molar-refractivity contribution in [3.05, 3.63) is 24.3 Å². The lowest BCUT2D eigenvalue weighted by atomic mass is 10.2. The third-order valence-corrected chi connectivity index (χ3v) is 3.56. The highest BCUT2D eigenvalue weighted by atomic mass is 16.5. The van der Waals surface area contributed by atoms with Gasteiger partial charge in [0.1, 0.15) is 5.75 Å². The van der Waals surface area contributed by atoms with Gasteiger partial charge in [0, 0.05) is 25.2 Å². The van der Waals surface area contributed by atoms with Crippen molar-refractivity contribution in [1.29, 1.82) is 0 Å². The average molecular weight is 262 g/mol. The lowest BCUT2D eigenvalue weighted by Gasteiger charge is -2.22. The normalized spacial score (nSPS) is 20.2. The summed E-state index contributed by atoms with van der Waals surface area (Å²) in [6.07, 6.45) is 1.41. The quantitative estimate of drug-likeness (QED) is 0.880. The molecule has 1 aromatic carbocycles. The molecule has 1 unspecified atom stereocenters. The summed E-state index contributed by atoms with van der Waals surface area (Å²) < 4.78 is 5.85. The molecule has 19 heavy (non-hydrogen) atoms. The second-order valence-corrected chi connectivity index (χ2v) is 5.88. The smallest absolute Gasteiger partial charge is 0.142 e. The van der Waals surface area contributed by atoms with Crippen molar-refractivity contribution in [2.45, 2.75) is 52.3 Å². The van der Waals surface area contributed by atoms with Gasteiger partial charge in [-0.25, -0.2) is 0 Å². The fourth-order valence-corrected chi connectivity index (χ4v) is 2.54. The van der Waals surface area contributed by atoms with Crippen molar-refractivity contribution in [2.24, 2.45) is 0 Å². The molecule has 106 valence electrons. The Morgan fingerprint density at radius 1 is 1.21 bits per heavy atom. The zero-order valence-corrected chi connectivity index (χ0v) is 12.5. The molecule has 1 heterocycles. The van der Waals surface area contributed by atoms with Crippen LogP contribution in [0.4, 0.5) is 5.69 Å². The molecule has 0 radical (unpaired) electrons. The highest BCUT2D eigenvalue weighted by Crippen LogP contribution is 2.27. The number of nitrogens with one attached hydrogen (secondary N) is 1. The SMILES string of the molecule is CC(C)Oc1ccccc1NC1CCN(C(C)C)C1. The summed E-state index contributed by atoms with van der Waals surface area (Å²) in [5, 5.41) is 3.63. The van der Waals surface area contributed by atoms with Crippen molar-refractivity contribution in [1.82, 2.24) is 4.90 Å². The van der Waals surface area contributed by atoms with Crippen LogP contribution in [0.3, 0.4) is 0 Å². The van der Waals surface area contributed by atoms with Crippen LogP contribution in [0.15, 0.2) is 24.3 Å². The molecule has 0 aliphatic carbocycles. The van der Waals surface area contributed by atoms with Crippen LogP contribution < -0.4 is 10.1 Å². The van der Waals surface area contributed by atoms with E-state index in [1.165, 1.54) is 13.0 Å². The van der Waals surface area contributed by atoms with Crippen LogP contribution in [0.25, 0.3) is 0 Å². The summed E-state index contributed by atoms with van der Waals surface area (Å²) in [5.41, 5.74) is 1.12. The van der Waals surface area contributed by atoms with E-state index < -0.39 is 0 Å². The zero-order valence-electron chi connectivity index (χ0n) is 12.5. The number of likely N-dealkylation sites (tertiary alicyclic amines) is 1. The first-order valence-corrected chi connectivity index (χ1v) is 7.32. The maximum absolute atomic E-state index is 5.85. The van der Waals surface area contributed by atoms with Gasteiger partial charge in [-0.3, -0.25) is 4.90 Å². The minimum Gasteiger partial charge on any atom is -0.489 e. The molecule has 1 atom stereocenters. The van der Waals surface area contributed by atoms with Gasteiger partial charge in [0.2, 0.25) is 0 Å². The fraction of sp³-hybridized carbons (Fsp3) is 0.625. The van der Waals surface area contributed by atoms with Crippen LogP contribution in [0, 0.1) is 0 Å². The molecule has 0 aromatic heterocycles. The fourth-order valence-electron chi connectivity index (χ4n) is 2.54. The van der Waals surface area contributed by atoms with Crippen molar-refractivity contribution >= 4 is 5.69 Å². The Kier molecular flexibility index (Phi) is 4.70. The number of para-hydroxylation sites is 2. The maximum Gasteiger partial charge on any atom is 0.142 e. The molecule has 0 amide bonds. The van der Waals surface area contributed by atoms with Gasteiger partial charge in [0.05, 0.1) is 11.8 Å². The standard InChI is InChI=1S/C16H26N2O/c1-12(2)18-10-9-14(11-18)17-15-7-5-6-8-16(15)19-13(3)4/h5-8,12-14,17H,9-11H2,1-4H3. The van der Waals surface area contributed by atoms with Crippen molar-refractivity contribution in [3.8, 4) is 5.75 Å². The number of anilines is 1. The van der Waals surface area contributed by atoms with Crippen LogP contribution in [-0.4, -0.2) is 36.2 Å². The highest BCUT2D eigenvalue weighted by Gasteiger charge is 2.24. The van der Waals surface area contributed by atoms with Gasteiger partial charge < -0.3 is 10.1 Å². The molecule has 1 aliphatic rings. The van der Waals surface area contributed by atoms with Crippen LogP contribution in [0.2, 0.25) is 0 Å². The molecule has 1 aromatic rings. The van der Waals surface area contributed by atoms with E-state index in [0.717, 1.165) is 18.0 Å². The summed E-state index contributed by atoms with van der Waals surface area (Å²) in [6, 6.07) is 9.39. The first kappa shape index (κ1) is 14.2. The Labute approximate surface area is 116 Å². The molecule has 3 nitrogen and oxygen atoms in total. The van der Waals surface area contributed by atoms with Crippen molar-refractivity contribution in [2.75, 3.05) is 18.4 Å². The Bertz CT molecular complexity index is 403. The monoisotopic (exact) mass is 262 g/mol. The minimum atomic E-state index is 0.207. The van der Waals surface area contributed by atoms with Crippen LogP contribution in [0.1, 0.15) is 34.1 Å². The molecule has 0 spiro atoms. The van der Waals surface area contributed by atoms with E-state index in [-0.39, 0.29) is 6.10 Å². The number of hydrogen-bond donors (Lipinski definition) is 1. The lowest BCUT2D eigenvalue weighted by molar-refractivity contribution is 0.243. The molecule has 1 saturated heterocycles. The zero-order chi connectivity index (χ0) is 13.8. The van der Waals surface area contributed by atoms with Crippen molar-refractivity contribution < 1.29 is 4.74 Å². The predicted octanol–water partition coefficient (Wildman–Crippen LogP) is 3.37. The van der Waals surface area contributed by atoms with Crippen LogP contribution in [-0.2, 0) is 0 Å². The third kappa shape index (κ3) is 3.87. The van der Waals surface area contributed by atoms with E-state index in [9.17, 15) is 0 Å². The Hall–Kier alpha value is -1.22. The topological polar surface area (TPSA) is 24.5 Å². The number of nitrogens with zero attached hydrogens (tertiary/aromatic N) is 1. The van der Waals surface area contributed by atoms with E-state index in [2.05, 4.69) is 50.0 Å². The second kappa shape index (κ2) is 6.29. The van der Waals surface area contributed by atoms with Gasteiger partial charge in [-0.2, -0.15) is 0 Å². The first-order valence-electron chi connectivity index (χ1n) is 7.32. The molecule has 1 aliphatic heterocycles. The van der Waals surface area contributed by atoms with E-state index in [0.29, 0.717) is 12.1 Å². The maximum atomic E-state index is 5.85. The number of benzene rings is 1. The van der Waals surface area contributed by atoms with Gasteiger partial charge in [0.25, 0.3) is 0 Å². The average Bonchev–Trinajstić information content (AvgIpc) is 2.80. The summed E-state index contributed by atoms with van der Waals surface area (Å²) >= 11 is 0. The van der Waals surface area contributed by atoms with Gasteiger partial charge in [-0.1, -0.05) is 12.1 Å². The summed E-state index contributed by atoms with van der Waals surface area (Å²) in [4.78, 5) is 2.52. The number of rotatable bonds is 5. The number of ether oxygens (including phenoxy) is 1. The predicted molar refractivity (Wildman–Crippen MR) is 80.9 cm³/mol. The van der Waals surface area contributed by atoms with Crippen LogP contribution >= 0.6 is 0 Å². The van der Waals surface area contributed by atoms with E-state index in [1.54, 1.807) is 0 Å². The Morgan fingerprint density at radius 3 is 2.58 bits per heavy atom. The first-order chi connectivity index (χ1) is 9.06. The second-order valence-electron chi connectivity index (χ2n) is 5.88. The minimum absolute atomic E-state index is 0.207. The van der Waals surface area contributed by atoms with Gasteiger partial charge >= 0.3 is 0 Å². The lowest BCUT2D eigenvalue weighted by Crippen LogP contribution is -2.31. The van der Waals surface area contributed by atoms with E-state index in [1.807, 2.05) is 12.1 Å².